The zero-order chi connectivity index (χ0) is 24.2. The normalized spacial score (nSPS) is 10.7. The highest BCUT2D eigenvalue weighted by atomic mass is 35.5. The molecule has 0 saturated carbocycles. The van der Waals surface area contributed by atoms with E-state index < -0.39 is 0 Å². The monoisotopic (exact) mass is 492 g/mol. The first-order chi connectivity index (χ1) is 16.3. The molecule has 0 spiro atoms. The van der Waals surface area contributed by atoms with Crippen LogP contribution in [0.15, 0.2) is 79.0 Å². The fourth-order valence-corrected chi connectivity index (χ4v) is 3.75. The summed E-state index contributed by atoms with van der Waals surface area (Å²) in [6.07, 6.45) is 1.70. The van der Waals surface area contributed by atoms with Gasteiger partial charge in [-0.3, -0.25) is 14.3 Å². The Morgan fingerprint density at radius 2 is 1.68 bits per heavy atom. The summed E-state index contributed by atoms with van der Waals surface area (Å²) < 4.78 is 1.72. The predicted octanol–water partition coefficient (Wildman–Crippen LogP) is 5.86. The van der Waals surface area contributed by atoms with Crippen molar-refractivity contribution in [2.45, 2.75) is 6.54 Å². The van der Waals surface area contributed by atoms with E-state index in [0.29, 0.717) is 39.1 Å². The van der Waals surface area contributed by atoms with Crippen molar-refractivity contribution in [2.75, 3.05) is 19.4 Å². The highest BCUT2D eigenvalue weighted by molar-refractivity contribution is 6.34. The van der Waals surface area contributed by atoms with Gasteiger partial charge in [0.15, 0.2) is 0 Å². The Hall–Kier alpha value is -3.61. The van der Waals surface area contributed by atoms with E-state index in [2.05, 4.69) is 10.4 Å². The lowest BCUT2D eigenvalue weighted by molar-refractivity contribution is 0.0827. The highest BCUT2D eigenvalue weighted by Crippen LogP contribution is 2.28. The molecule has 1 heterocycles. The van der Waals surface area contributed by atoms with Gasteiger partial charge in [-0.15, -0.1) is 0 Å². The molecule has 1 N–H and O–H groups in total. The van der Waals surface area contributed by atoms with Crippen LogP contribution in [-0.2, 0) is 6.54 Å². The molecule has 34 heavy (non-hydrogen) atoms. The Bertz CT molecular complexity index is 1330. The van der Waals surface area contributed by atoms with E-state index >= 15 is 0 Å². The number of nitrogens with one attached hydrogen (secondary N) is 1. The van der Waals surface area contributed by atoms with Crippen molar-refractivity contribution in [1.29, 1.82) is 0 Å². The minimum atomic E-state index is -0.388. The summed E-state index contributed by atoms with van der Waals surface area (Å²) in [5.41, 5.74) is 3.46. The van der Waals surface area contributed by atoms with E-state index in [4.69, 9.17) is 23.2 Å². The maximum atomic E-state index is 13.4. The molecule has 0 fully saturated rings. The van der Waals surface area contributed by atoms with Gasteiger partial charge < -0.3 is 10.2 Å². The van der Waals surface area contributed by atoms with Crippen LogP contribution in [0.25, 0.3) is 11.3 Å². The average molecular weight is 493 g/mol. The maximum Gasteiger partial charge on any atom is 0.259 e. The van der Waals surface area contributed by atoms with Crippen LogP contribution in [-0.4, -0.2) is 40.6 Å². The van der Waals surface area contributed by atoms with Gasteiger partial charge in [0, 0.05) is 36.4 Å². The first-order valence-electron chi connectivity index (χ1n) is 10.5. The van der Waals surface area contributed by atoms with E-state index in [-0.39, 0.29) is 11.8 Å². The SMILES string of the molecule is CN(C)C(=O)c1ccc(Cl)c(NC(=O)c2cn(Cc3ccccc3)nc2-c2ccc(Cl)cc2)c1. The quantitative estimate of drug-likeness (QED) is 0.366. The van der Waals surface area contributed by atoms with Gasteiger partial charge >= 0.3 is 0 Å². The van der Waals surface area contributed by atoms with Gasteiger partial charge in [0.05, 0.1) is 22.8 Å². The summed E-state index contributed by atoms with van der Waals surface area (Å²) in [6.45, 7) is 0.502. The lowest BCUT2D eigenvalue weighted by Crippen LogP contribution is -2.22. The summed E-state index contributed by atoms with van der Waals surface area (Å²) in [7, 11) is 3.32. The van der Waals surface area contributed by atoms with Gasteiger partial charge in [-0.2, -0.15) is 5.10 Å². The first kappa shape index (κ1) is 23.5. The smallest absolute Gasteiger partial charge is 0.259 e. The van der Waals surface area contributed by atoms with Gasteiger partial charge in [0.2, 0.25) is 0 Å². The van der Waals surface area contributed by atoms with E-state index in [1.54, 1.807) is 55.3 Å². The van der Waals surface area contributed by atoms with Crippen LogP contribution in [0.3, 0.4) is 0 Å². The molecule has 3 aromatic carbocycles. The summed E-state index contributed by atoms with van der Waals surface area (Å²) in [6, 6.07) is 21.8. The average Bonchev–Trinajstić information content (AvgIpc) is 3.25. The molecule has 4 rings (SSSR count). The molecule has 0 bridgehead atoms. The van der Waals surface area contributed by atoms with Crippen LogP contribution < -0.4 is 5.32 Å². The van der Waals surface area contributed by atoms with Crippen molar-refractivity contribution < 1.29 is 9.59 Å². The fraction of sp³-hybridized carbons (Fsp3) is 0.115. The van der Waals surface area contributed by atoms with E-state index in [9.17, 15) is 9.59 Å². The molecule has 0 radical (unpaired) electrons. The molecule has 8 heteroatoms. The topological polar surface area (TPSA) is 67.2 Å². The molecule has 4 aromatic rings. The zero-order valence-corrected chi connectivity index (χ0v) is 20.1. The number of aromatic nitrogens is 2. The molecule has 172 valence electrons. The summed E-state index contributed by atoms with van der Waals surface area (Å²) in [5, 5.41) is 8.43. The first-order valence-corrected chi connectivity index (χ1v) is 11.3. The Kier molecular flexibility index (Phi) is 7.01. The van der Waals surface area contributed by atoms with Crippen molar-refractivity contribution in [3.05, 3.63) is 106 Å². The van der Waals surface area contributed by atoms with Crippen molar-refractivity contribution >= 4 is 40.7 Å². The Morgan fingerprint density at radius 3 is 2.35 bits per heavy atom. The highest BCUT2D eigenvalue weighted by Gasteiger charge is 2.20. The molecule has 0 saturated heterocycles. The molecule has 0 aliphatic rings. The molecule has 0 aliphatic heterocycles. The van der Waals surface area contributed by atoms with Gasteiger partial charge in [-0.1, -0.05) is 65.7 Å². The molecule has 2 amide bonds. The van der Waals surface area contributed by atoms with E-state index in [1.165, 1.54) is 4.90 Å². The predicted molar refractivity (Wildman–Crippen MR) is 136 cm³/mol. The second kappa shape index (κ2) is 10.1. The third-order valence-electron chi connectivity index (χ3n) is 5.18. The molecule has 0 atom stereocenters. The minimum absolute atomic E-state index is 0.190. The molecule has 6 nitrogen and oxygen atoms in total. The zero-order valence-electron chi connectivity index (χ0n) is 18.6. The fourth-order valence-electron chi connectivity index (χ4n) is 3.46. The van der Waals surface area contributed by atoms with Crippen molar-refractivity contribution in [2.24, 2.45) is 0 Å². The maximum absolute atomic E-state index is 13.4. The van der Waals surface area contributed by atoms with Gasteiger partial charge in [-0.05, 0) is 35.9 Å². The van der Waals surface area contributed by atoms with Crippen LogP contribution in [0.1, 0.15) is 26.3 Å². The molecular weight excluding hydrogens is 471 g/mol. The lowest BCUT2D eigenvalue weighted by Gasteiger charge is -2.13. The number of nitrogens with zero attached hydrogens (tertiary/aromatic N) is 3. The molecule has 1 aromatic heterocycles. The van der Waals surface area contributed by atoms with Crippen LogP contribution in [0.2, 0.25) is 10.0 Å². The number of anilines is 1. The summed E-state index contributed by atoms with van der Waals surface area (Å²) in [5.74, 6) is -0.578. The Labute approximate surface area is 207 Å². The Morgan fingerprint density at radius 1 is 0.971 bits per heavy atom. The largest absolute Gasteiger partial charge is 0.345 e. The number of hydrogen-bond acceptors (Lipinski definition) is 3. The third kappa shape index (κ3) is 5.30. The van der Waals surface area contributed by atoms with Gasteiger partial charge in [0.1, 0.15) is 5.69 Å². The van der Waals surface area contributed by atoms with Crippen molar-refractivity contribution in [1.82, 2.24) is 14.7 Å². The number of carbonyl (C=O) groups is 2. The molecular formula is C26H22Cl2N4O2. The number of rotatable bonds is 6. The number of amides is 2. The van der Waals surface area contributed by atoms with Crippen LogP contribution in [0.4, 0.5) is 5.69 Å². The van der Waals surface area contributed by atoms with Crippen molar-refractivity contribution in [3.63, 3.8) is 0 Å². The number of carbonyl (C=O) groups excluding carboxylic acids is 2. The lowest BCUT2D eigenvalue weighted by atomic mass is 10.1. The van der Waals surface area contributed by atoms with E-state index in [1.807, 2.05) is 42.5 Å². The van der Waals surface area contributed by atoms with E-state index in [0.717, 1.165) is 11.1 Å². The summed E-state index contributed by atoms with van der Waals surface area (Å²) in [4.78, 5) is 27.2. The second-order valence-corrected chi connectivity index (χ2v) is 8.77. The van der Waals surface area contributed by atoms with Crippen LogP contribution >= 0.6 is 23.2 Å². The third-order valence-corrected chi connectivity index (χ3v) is 5.76. The van der Waals surface area contributed by atoms with Crippen LogP contribution in [0.5, 0.6) is 0 Å². The number of halogens is 2. The minimum Gasteiger partial charge on any atom is -0.345 e. The molecule has 0 unspecified atom stereocenters. The standard InChI is InChI=1S/C26H22Cl2N4O2/c1-31(2)26(34)19-10-13-22(28)23(14-19)29-25(33)21-16-32(15-17-6-4-3-5-7-17)30-24(21)18-8-11-20(27)12-9-18/h3-14,16H,15H2,1-2H3,(H,29,33). The van der Waals surface area contributed by atoms with Gasteiger partial charge in [-0.25, -0.2) is 0 Å². The molecule has 0 aliphatic carbocycles. The van der Waals surface area contributed by atoms with Gasteiger partial charge in [0.25, 0.3) is 11.8 Å². The van der Waals surface area contributed by atoms with Crippen LogP contribution in [0, 0.1) is 0 Å². The summed E-state index contributed by atoms with van der Waals surface area (Å²) >= 11 is 12.4. The Balaban J connectivity index is 1.69. The van der Waals surface area contributed by atoms with Crippen molar-refractivity contribution in [3.8, 4) is 11.3 Å². The number of hydrogen-bond donors (Lipinski definition) is 1. The number of benzene rings is 3. The second-order valence-electron chi connectivity index (χ2n) is 7.93.